The molecule has 0 aliphatic carbocycles. The number of rotatable bonds is 3. The Morgan fingerprint density at radius 1 is 1.21 bits per heavy atom. The zero-order valence-electron chi connectivity index (χ0n) is 16.0. The molecule has 9 nitrogen and oxygen atoms in total. The summed E-state index contributed by atoms with van der Waals surface area (Å²) in [6.07, 6.45) is 7.52. The van der Waals surface area contributed by atoms with Crippen LogP contribution in [0.3, 0.4) is 0 Å². The van der Waals surface area contributed by atoms with E-state index in [1.54, 1.807) is 19.3 Å². The van der Waals surface area contributed by atoms with Crippen LogP contribution in [-0.2, 0) is 13.0 Å². The zero-order chi connectivity index (χ0) is 19.9. The highest BCUT2D eigenvalue weighted by molar-refractivity contribution is 5.43. The van der Waals surface area contributed by atoms with Gasteiger partial charge in [-0.05, 0) is 30.9 Å². The van der Waals surface area contributed by atoms with Gasteiger partial charge in [-0.3, -0.25) is 15.1 Å². The number of hydrogen-bond donors (Lipinski definition) is 0. The molecule has 28 heavy (non-hydrogen) atoms. The third-order valence-corrected chi connectivity index (χ3v) is 4.91. The zero-order valence-corrected chi connectivity index (χ0v) is 16.0. The van der Waals surface area contributed by atoms with E-state index in [-0.39, 0.29) is 11.1 Å². The summed E-state index contributed by atoms with van der Waals surface area (Å²) in [7, 11) is 0. The molecule has 3 aromatic heterocycles. The van der Waals surface area contributed by atoms with Crippen molar-refractivity contribution >= 4 is 11.6 Å². The third-order valence-electron chi connectivity index (χ3n) is 4.91. The van der Waals surface area contributed by atoms with Gasteiger partial charge in [0.2, 0.25) is 5.95 Å². The summed E-state index contributed by atoms with van der Waals surface area (Å²) in [5.41, 5.74) is 3.46. The smallest absolute Gasteiger partial charge is 0.308 e. The molecule has 0 N–H and O–H groups in total. The van der Waals surface area contributed by atoms with Crippen molar-refractivity contribution < 1.29 is 4.92 Å². The molecule has 0 radical (unpaired) electrons. The lowest BCUT2D eigenvalue weighted by atomic mass is 9.87. The van der Waals surface area contributed by atoms with Crippen LogP contribution in [0.25, 0.3) is 5.69 Å². The number of aromatic nitrogens is 5. The van der Waals surface area contributed by atoms with Gasteiger partial charge in [0.25, 0.3) is 0 Å². The minimum Gasteiger partial charge on any atom is -0.336 e. The lowest BCUT2D eigenvalue weighted by molar-refractivity contribution is -0.386. The first-order chi connectivity index (χ1) is 13.3. The van der Waals surface area contributed by atoms with Crippen LogP contribution in [0.5, 0.6) is 0 Å². The van der Waals surface area contributed by atoms with Crippen molar-refractivity contribution in [3.05, 3.63) is 64.0 Å². The van der Waals surface area contributed by atoms with Crippen LogP contribution < -0.4 is 4.90 Å². The maximum Gasteiger partial charge on any atom is 0.308 e. The average Bonchev–Trinajstić information content (AvgIpc) is 2.96. The molecule has 1 aliphatic rings. The Kier molecular flexibility index (Phi) is 4.29. The second-order valence-corrected chi connectivity index (χ2v) is 7.83. The third kappa shape index (κ3) is 3.30. The molecule has 1 aliphatic heterocycles. The molecule has 144 valence electrons. The van der Waals surface area contributed by atoms with E-state index in [1.807, 2.05) is 23.0 Å². The van der Waals surface area contributed by atoms with Gasteiger partial charge in [0, 0.05) is 36.7 Å². The molecule has 0 amide bonds. The van der Waals surface area contributed by atoms with Crippen molar-refractivity contribution in [2.24, 2.45) is 5.41 Å². The largest absolute Gasteiger partial charge is 0.336 e. The maximum absolute atomic E-state index is 11.1. The Hall–Kier alpha value is -3.36. The van der Waals surface area contributed by atoms with Crippen LogP contribution in [0.4, 0.5) is 11.6 Å². The Morgan fingerprint density at radius 2 is 1.96 bits per heavy atom. The van der Waals surface area contributed by atoms with Gasteiger partial charge in [-0.2, -0.15) is 5.10 Å². The quantitative estimate of drug-likeness (QED) is 0.509. The molecule has 0 atom stereocenters. The highest BCUT2D eigenvalue weighted by Crippen LogP contribution is 2.33. The molecule has 0 saturated heterocycles. The lowest BCUT2D eigenvalue weighted by Gasteiger charge is -2.29. The van der Waals surface area contributed by atoms with Crippen molar-refractivity contribution in [1.29, 1.82) is 0 Å². The number of fused-ring (bicyclic) bond motifs is 1. The van der Waals surface area contributed by atoms with E-state index in [2.05, 4.69) is 38.8 Å². The number of anilines is 1. The Balaban J connectivity index is 1.73. The fraction of sp³-hybridized carbons (Fsp3) is 0.368. The van der Waals surface area contributed by atoms with Crippen LogP contribution in [0.2, 0.25) is 0 Å². The fourth-order valence-electron chi connectivity index (χ4n) is 3.64. The van der Waals surface area contributed by atoms with Crippen LogP contribution in [0.15, 0.2) is 36.9 Å². The van der Waals surface area contributed by atoms with Gasteiger partial charge < -0.3 is 4.90 Å². The van der Waals surface area contributed by atoms with E-state index < -0.39 is 4.92 Å². The Bertz CT molecular complexity index is 1030. The standard InChI is InChI=1S/C19H21N7O2/c1-13-17(26(27)28)10-21-18(23-13)24-11-14-9-22-25(15-4-6-20-7-5-15)16(14)8-19(2,3)12-24/h4-7,9-10H,8,11-12H2,1-3H3. The lowest BCUT2D eigenvalue weighted by Crippen LogP contribution is -2.34. The predicted octanol–water partition coefficient (Wildman–Crippen LogP) is 2.86. The molecule has 4 rings (SSSR count). The molecule has 9 heteroatoms. The summed E-state index contributed by atoms with van der Waals surface area (Å²) >= 11 is 0. The molecular weight excluding hydrogens is 358 g/mol. The molecule has 0 spiro atoms. The number of nitrogens with zero attached hydrogens (tertiary/aromatic N) is 7. The molecule has 3 aromatic rings. The first-order valence-electron chi connectivity index (χ1n) is 9.03. The minimum absolute atomic E-state index is 0.0604. The van der Waals surface area contributed by atoms with E-state index in [1.165, 1.54) is 6.20 Å². The Labute approximate surface area is 162 Å². The van der Waals surface area contributed by atoms with E-state index >= 15 is 0 Å². The number of pyridine rings is 1. The molecule has 0 fully saturated rings. The fourth-order valence-corrected chi connectivity index (χ4v) is 3.64. The minimum atomic E-state index is -0.456. The number of aryl methyl sites for hydroxylation is 1. The molecule has 0 saturated carbocycles. The van der Waals surface area contributed by atoms with Crippen LogP contribution >= 0.6 is 0 Å². The highest BCUT2D eigenvalue weighted by atomic mass is 16.6. The summed E-state index contributed by atoms with van der Waals surface area (Å²) in [6.45, 7) is 7.35. The van der Waals surface area contributed by atoms with Crippen molar-refractivity contribution in [3.8, 4) is 5.69 Å². The monoisotopic (exact) mass is 379 g/mol. The molecule has 0 aromatic carbocycles. The second kappa shape index (κ2) is 6.66. The maximum atomic E-state index is 11.1. The van der Waals surface area contributed by atoms with Gasteiger partial charge in [0.1, 0.15) is 11.9 Å². The van der Waals surface area contributed by atoms with Crippen molar-refractivity contribution in [1.82, 2.24) is 24.7 Å². The normalized spacial score (nSPS) is 15.8. The van der Waals surface area contributed by atoms with Crippen molar-refractivity contribution in [2.45, 2.75) is 33.7 Å². The SMILES string of the molecule is Cc1nc(N2Cc3cnn(-c4ccncc4)c3CC(C)(C)C2)ncc1[N+](=O)[O-]. The van der Waals surface area contributed by atoms with Crippen LogP contribution in [0.1, 0.15) is 30.8 Å². The highest BCUT2D eigenvalue weighted by Gasteiger charge is 2.32. The Morgan fingerprint density at radius 3 is 2.64 bits per heavy atom. The van der Waals surface area contributed by atoms with Gasteiger partial charge >= 0.3 is 5.69 Å². The molecule has 0 bridgehead atoms. The molecular formula is C19H21N7O2. The predicted molar refractivity (Wildman–Crippen MR) is 103 cm³/mol. The first kappa shape index (κ1) is 18.0. The van der Waals surface area contributed by atoms with Gasteiger partial charge in [-0.1, -0.05) is 13.8 Å². The van der Waals surface area contributed by atoms with Crippen molar-refractivity contribution in [3.63, 3.8) is 0 Å². The summed E-state index contributed by atoms with van der Waals surface area (Å²) < 4.78 is 1.96. The average molecular weight is 379 g/mol. The van der Waals surface area contributed by atoms with Gasteiger partial charge in [0.15, 0.2) is 0 Å². The molecule has 4 heterocycles. The van der Waals surface area contributed by atoms with Crippen LogP contribution in [0, 0.1) is 22.5 Å². The van der Waals surface area contributed by atoms with E-state index in [0.29, 0.717) is 18.2 Å². The van der Waals surface area contributed by atoms with Gasteiger partial charge in [0.05, 0.1) is 16.8 Å². The van der Waals surface area contributed by atoms with E-state index in [4.69, 9.17) is 0 Å². The van der Waals surface area contributed by atoms with E-state index in [9.17, 15) is 10.1 Å². The first-order valence-corrected chi connectivity index (χ1v) is 9.03. The summed E-state index contributed by atoms with van der Waals surface area (Å²) in [4.78, 5) is 25.4. The second-order valence-electron chi connectivity index (χ2n) is 7.83. The van der Waals surface area contributed by atoms with Crippen LogP contribution in [-0.4, -0.2) is 36.2 Å². The topological polar surface area (TPSA) is 103 Å². The summed E-state index contributed by atoms with van der Waals surface area (Å²) in [5.74, 6) is 0.501. The summed E-state index contributed by atoms with van der Waals surface area (Å²) in [5, 5.41) is 15.7. The van der Waals surface area contributed by atoms with Gasteiger partial charge in [-0.25, -0.2) is 14.6 Å². The van der Waals surface area contributed by atoms with Gasteiger partial charge in [-0.15, -0.1) is 0 Å². The molecule has 0 unspecified atom stereocenters. The number of nitro groups is 1. The summed E-state index contributed by atoms with van der Waals surface area (Å²) in [6, 6.07) is 3.87. The number of hydrogen-bond acceptors (Lipinski definition) is 7. The van der Waals surface area contributed by atoms with E-state index in [0.717, 1.165) is 29.9 Å². The van der Waals surface area contributed by atoms with Crippen molar-refractivity contribution in [2.75, 3.05) is 11.4 Å².